The third kappa shape index (κ3) is 2.06. The van der Waals surface area contributed by atoms with E-state index in [2.05, 4.69) is 26.3 Å². The van der Waals surface area contributed by atoms with Crippen LogP contribution < -0.4 is 0 Å². The van der Waals surface area contributed by atoms with Crippen molar-refractivity contribution >= 4 is 27.2 Å². The average Bonchev–Trinajstić information content (AvgIpc) is 3.23. The van der Waals surface area contributed by atoms with Gasteiger partial charge >= 0.3 is 0 Å². The largest absolute Gasteiger partial charge is 0.264 e. The van der Waals surface area contributed by atoms with Crippen molar-refractivity contribution in [2.24, 2.45) is 0 Å². The lowest BCUT2D eigenvalue weighted by molar-refractivity contribution is 0.966. The fourth-order valence-electron chi connectivity index (χ4n) is 2.58. The Morgan fingerprint density at radius 1 is 0.917 bits per heavy atom. The van der Waals surface area contributed by atoms with Gasteiger partial charge in [-0.15, -0.1) is 10.2 Å². The highest BCUT2D eigenvalue weighted by Gasteiger charge is 2.15. The molecule has 0 spiro atoms. The van der Waals surface area contributed by atoms with Gasteiger partial charge in [0.15, 0.2) is 10.8 Å². The zero-order valence-electron chi connectivity index (χ0n) is 12.4. The molecule has 0 aliphatic carbocycles. The Kier molecular flexibility index (Phi) is 2.86. The molecule has 0 aliphatic heterocycles. The second-order valence-corrected chi connectivity index (χ2v) is 6.21. The molecular weight excluding hydrogens is 320 g/mol. The van der Waals surface area contributed by atoms with E-state index in [-0.39, 0.29) is 0 Å². The Bertz CT molecular complexity index is 1160. The first-order valence-electron chi connectivity index (χ1n) is 7.37. The number of hydrogen-bond acceptors (Lipinski definition) is 6. The molecular formula is C17H10N6S. The summed E-state index contributed by atoms with van der Waals surface area (Å²) in [6, 6.07) is 15.9. The minimum Gasteiger partial charge on any atom is -0.264 e. The molecule has 0 radical (unpaired) electrons. The lowest BCUT2D eigenvalue weighted by Gasteiger charge is -1.99. The van der Waals surface area contributed by atoms with E-state index in [4.69, 9.17) is 4.98 Å². The highest BCUT2D eigenvalue weighted by Crippen LogP contribution is 2.27. The number of aromatic nitrogens is 6. The molecule has 24 heavy (non-hydrogen) atoms. The zero-order chi connectivity index (χ0) is 15.9. The molecule has 1 aromatic carbocycles. The first kappa shape index (κ1) is 13.3. The second-order valence-electron chi connectivity index (χ2n) is 5.26. The molecule has 0 atom stereocenters. The first-order valence-corrected chi connectivity index (χ1v) is 8.19. The van der Waals surface area contributed by atoms with Crippen LogP contribution in [-0.2, 0) is 0 Å². The predicted molar refractivity (Wildman–Crippen MR) is 92.6 cm³/mol. The average molecular weight is 330 g/mol. The minimum atomic E-state index is 0.682. The maximum absolute atomic E-state index is 4.70. The van der Waals surface area contributed by atoms with E-state index in [1.165, 1.54) is 11.3 Å². The monoisotopic (exact) mass is 330 g/mol. The molecule has 6 nitrogen and oxygen atoms in total. The fourth-order valence-corrected chi connectivity index (χ4v) is 3.39. The minimum absolute atomic E-state index is 0.682. The third-order valence-electron chi connectivity index (χ3n) is 3.73. The molecule has 5 aromatic rings. The maximum atomic E-state index is 4.70. The molecule has 7 heteroatoms. The highest BCUT2D eigenvalue weighted by molar-refractivity contribution is 7.19. The van der Waals surface area contributed by atoms with Crippen molar-refractivity contribution < 1.29 is 0 Å². The molecule has 114 valence electrons. The number of para-hydroxylation sites is 1. The van der Waals surface area contributed by atoms with Gasteiger partial charge in [0.05, 0.1) is 5.52 Å². The second kappa shape index (κ2) is 5.17. The Balaban J connectivity index is 1.66. The van der Waals surface area contributed by atoms with Crippen molar-refractivity contribution in [1.82, 2.24) is 29.8 Å². The van der Waals surface area contributed by atoms with Gasteiger partial charge in [0, 0.05) is 23.3 Å². The Morgan fingerprint density at radius 3 is 2.79 bits per heavy atom. The molecule has 0 aliphatic rings. The third-order valence-corrected chi connectivity index (χ3v) is 4.65. The van der Waals surface area contributed by atoms with Gasteiger partial charge in [0.25, 0.3) is 0 Å². The van der Waals surface area contributed by atoms with Crippen LogP contribution >= 0.6 is 11.3 Å². The first-order chi connectivity index (χ1) is 11.9. The summed E-state index contributed by atoms with van der Waals surface area (Å²) < 4.78 is 1.74. The molecule has 0 fully saturated rings. The van der Waals surface area contributed by atoms with E-state index in [0.29, 0.717) is 5.82 Å². The summed E-state index contributed by atoms with van der Waals surface area (Å²) in [4.78, 5) is 9.56. The number of hydrogen-bond donors (Lipinski definition) is 0. The van der Waals surface area contributed by atoms with Crippen LogP contribution in [0.2, 0.25) is 0 Å². The van der Waals surface area contributed by atoms with Gasteiger partial charge in [0.1, 0.15) is 5.69 Å². The normalized spacial score (nSPS) is 11.3. The predicted octanol–water partition coefficient (Wildman–Crippen LogP) is 3.46. The number of fused-ring (bicyclic) bond motifs is 2. The van der Waals surface area contributed by atoms with Crippen LogP contribution in [0.3, 0.4) is 0 Å². The van der Waals surface area contributed by atoms with Crippen LogP contribution in [0.5, 0.6) is 0 Å². The standard InChI is InChI=1S/C17H10N6S/c1-2-6-13-11(4-1)7-8-14(19-13)16-22-23-15(20-21-17(23)24-16)12-5-3-9-18-10-12/h1-10H. The van der Waals surface area contributed by atoms with Crippen LogP contribution in [-0.4, -0.2) is 29.8 Å². The molecule has 0 saturated heterocycles. The van der Waals surface area contributed by atoms with Crippen molar-refractivity contribution in [2.45, 2.75) is 0 Å². The smallest absolute Gasteiger partial charge is 0.235 e. The van der Waals surface area contributed by atoms with Gasteiger partial charge < -0.3 is 0 Å². The summed E-state index contributed by atoms with van der Waals surface area (Å²) in [6.45, 7) is 0. The van der Waals surface area contributed by atoms with Crippen molar-refractivity contribution in [3.05, 3.63) is 60.9 Å². The van der Waals surface area contributed by atoms with Gasteiger partial charge in [0.2, 0.25) is 4.96 Å². The van der Waals surface area contributed by atoms with Crippen molar-refractivity contribution in [3.63, 3.8) is 0 Å². The fraction of sp³-hybridized carbons (Fsp3) is 0. The number of nitrogens with zero attached hydrogens (tertiary/aromatic N) is 6. The van der Waals surface area contributed by atoms with Crippen molar-refractivity contribution in [1.29, 1.82) is 0 Å². The van der Waals surface area contributed by atoms with Crippen LogP contribution in [0.25, 0.3) is 38.0 Å². The molecule has 0 amide bonds. The molecule has 5 rings (SSSR count). The molecule has 0 saturated carbocycles. The van der Waals surface area contributed by atoms with Crippen LogP contribution in [0, 0.1) is 0 Å². The van der Waals surface area contributed by atoms with Gasteiger partial charge in [-0.1, -0.05) is 35.6 Å². The molecule has 0 N–H and O–H groups in total. The zero-order valence-corrected chi connectivity index (χ0v) is 13.2. The quantitative estimate of drug-likeness (QED) is 0.496. The van der Waals surface area contributed by atoms with Gasteiger partial charge in [-0.2, -0.15) is 9.61 Å². The van der Waals surface area contributed by atoms with Crippen LogP contribution in [0.4, 0.5) is 0 Å². The summed E-state index contributed by atoms with van der Waals surface area (Å²) >= 11 is 1.47. The number of benzene rings is 1. The Labute approximate surface area is 140 Å². The number of rotatable bonds is 2. The van der Waals surface area contributed by atoms with E-state index >= 15 is 0 Å². The van der Waals surface area contributed by atoms with E-state index in [0.717, 1.165) is 32.1 Å². The van der Waals surface area contributed by atoms with Gasteiger partial charge in [-0.25, -0.2) is 4.98 Å². The Morgan fingerprint density at radius 2 is 1.88 bits per heavy atom. The van der Waals surface area contributed by atoms with E-state index < -0.39 is 0 Å². The summed E-state index contributed by atoms with van der Waals surface area (Å²) in [6.07, 6.45) is 3.48. The van der Waals surface area contributed by atoms with Crippen molar-refractivity contribution in [2.75, 3.05) is 0 Å². The van der Waals surface area contributed by atoms with Gasteiger partial charge in [-0.05, 0) is 24.3 Å². The molecule has 4 heterocycles. The SMILES string of the molecule is c1cncc(-c2nnc3sc(-c4ccc5ccccc5n4)nn23)c1. The topological polar surface area (TPSA) is 68.9 Å². The number of pyridine rings is 2. The lowest BCUT2D eigenvalue weighted by Crippen LogP contribution is -1.92. The van der Waals surface area contributed by atoms with Crippen LogP contribution in [0.1, 0.15) is 0 Å². The summed E-state index contributed by atoms with van der Waals surface area (Å²) in [5, 5.41) is 15.0. The van der Waals surface area contributed by atoms with E-state index in [1.54, 1.807) is 16.9 Å². The van der Waals surface area contributed by atoms with Crippen molar-refractivity contribution in [3.8, 4) is 22.1 Å². The van der Waals surface area contributed by atoms with Gasteiger partial charge in [-0.3, -0.25) is 4.98 Å². The van der Waals surface area contributed by atoms with E-state index in [1.807, 2.05) is 42.5 Å². The lowest BCUT2D eigenvalue weighted by atomic mass is 10.2. The highest BCUT2D eigenvalue weighted by atomic mass is 32.1. The summed E-state index contributed by atoms with van der Waals surface area (Å²) in [7, 11) is 0. The summed E-state index contributed by atoms with van der Waals surface area (Å²) in [5.41, 5.74) is 2.67. The molecule has 0 unspecified atom stereocenters. The molecule has 0 bridgehead atoms. The summed E-state index contributed by atoms with van der Waals surface area (Å²) in [5.74, 6) is 0.682. The van der Waals surface area contributed by atoms with E-state index in [9.17, 15) is 0 Å². The molecule has 4 aromatic heterocycles. The Hall–Kier alpha value is -3.19. The maximum Gasteiger partial charge on any atom is 0.235 e. The van der Waals surface area contributed by atoms with Crippen LogP contribution in [0.15, 0.2) is 60.9 Å².